The highest BCUT2D eigenvalue weighted by Crippen LogP contribution is 2.41. The minimum absolute atomic E-state index is 0.223. The number of carbonyl (C=O) groups excluding carboxylic acids is 1. The van der Waals surface area contributed by atoms with Crippen molar-refractivity contribution < 1.29 is 23.4 Å². The summed E-state index contributed by atoms with van der Waals surface area (Å²) in [6.07, 6.45) is -0.437. The molecule has 1 heterocycles. The molecule has 0 radical (unpaired) electrons. The van der Waals surface area contributed by atoms with Gasteiger partial charge in [0.05, 0.1) is 12.7 Å². The third kappa shape index (κ3) is 5.18. The normalized spacial score (nSPS) is 22.8. The maximum Gasteiger partial charge on any atom is 0.304 e. The minimum Gasteiger partial charge on any atom is -0.436 e. The standard InChI is InChI=1S/C24H32O5Si/c1-18(25)28-21-16-24(26-5,17-27-21)22(23(2,3)4)29-30(19-12-8-6-9-13-19)20-14-10-7-11-15-20/h6-15,21-22,30H,16-17H2,1-5H3. The number of esters is 1. The van der Waals surface area contributed by atoms with Gasteiger partial charge in [0.2, 0.25) is 15.3 Å². The van der Waals surface area contributed by atoms with Crippen molar-refractivity contribution in [1.29, 1.82) is 0 Å². The Kier molecular flexibility index (Phi) is 7.13. The van der Waals surface area contributed by atoms with Gasteiger partial charge in [-0.2, -0.15) is 0 Å². The van der Waals surface area contributed by atoms with Gasteiger partial charge in [-0.15, -0.1) is 0 Å². The maximum absolute atomic E-state index is 11.4. The average molecular weight is 429 g/mol. The van der Waals surface area contributed by atoms with Crippen LogP contribution in [0, 0.1) is 5.41 Å². The lowest BCUT2D eigenvalue weighted by atomic mass is 9.77. The second kappa shape index (κ2) is 9.43. The van der Waals surface area contributed by atoms with E-state index in [9.17, 15) is 4.79 Å². The Balaban J connectivity index is 1.97. The fraction of sp³-hybridized carbons (Fsp3) is 0.458. The van der Waals surface area contributed by atoms with Gasteiger partial charge in [0.1, 0.15) is 5.60 Å². The summed E-state index contributed by atoms with van der Waals surface area (Å²) in [7, 11) is -0.330. The summed E-state index contributed by atoms with van der Waals surface area (Å²) in [5.74, 6) is -0.360. The molecular weight excluding hydrogens is 396 g/mol. The van der Waals surface area contributed by atoms with Gasteiger partial charge >= 0.3 is 5.97 Å². The molecular formula is C24H32O5Si. The van der Waals surface area contributed by atoms with Gasteiger partial charge in [0, 0.05) is 20.5 Å². The van der Waals surface area contributed by atoms with Crippen molar-refractivity contribution in [3.8, 4) is 0 Å². The molecule has 1 aliphatic rings. The predicted octanol–water partition coefficient (Wildman–Crippen LogP) is 2.65. The molecule has 3 rings (SSSR count). The lowest BCUT2D eigenvalue weighted by Crippen LogP contribution is -2.59. The number of benzene rings is 2. The van der Waals surface area contributed by atoms with Crippen LogP contribution in [-0.2, 0) is 23.4 Å². The van der Waals surface area contributed by atoms with E-state index in [1.54, 1.807) is 7.11 Å². The lowest BCUT2D eigenvalue weighted by molar-refractivity contribution is -0.166. The molecule has 30 heavy (non-hydrogen) atoms. The molecule has 5 nitrogen and oxygen atoms in total. The first kappa shape index (κ1) is 22.7. The molecule has 1 aliphatic heterocycles. The zero-order valence-electron chi connectivity index (χ0n) is 18.5. The highest BCUT2D eigenvalue weighted by Gasteiger charge is 2.53. The fourth-order valence-electron chi connectivity index (χ4n) is 4.19. The van der Waals surface area contributed by atoms with Crippen molar-refractivity contribution >= 4 is 25.4 Å². The fourth-order valence-corrected chi connectivity index (χ4v) is 6.96. The van der Waals surface area contributed by atoms with Crippen LogP contribution in [0.15, 0.2) is 60.7 Å². The molecule has 0 aromatic heterocycles. The largest absolute Gasteiger partial charge is 0.436 e. The SMILES string of the molecule is COC1(C(O[SiH](c2ccccc2)c2ccccc2)C(C)(C)C)COC(OC(C)=O)C1. The van der Waals surface area contributed by atoms with E-state index in [1.807, 2.05) is 12.1 Å². The quantitative estimate of drug-likeness (QED) is 0.501. The Hall–Kier alpha value is -1.99. The highest BCUT2D eigenvalue weighted by atomic mass is 28.3. The summed E-state index contributed by atoms with van der Waals surface area (Å²) < 4.78 is 24.2. The molecule has 1 saturated heterocycles. The van der Waals surface area contributed by atoms with Crippen molar-refractivity contribution in [3.63, 3.8) is 0 Å². The van der Waals surface area contributed by atoms with Crippen LogP contribution in [0.4, 0.5) is 0 Å². The molecule has 2 aromatic rings. The number of ether oxygens (including phenoxy) is 3. The van der Waals surface area contributed by atoms with E-state index in [0.717, 1.165) is 0 Å². The Morgan fingerprint density at radius 1 is 1.07 bits per heavy atom. The topological polar surface area (TPSA) is 54.0 Å². The van der Waals surface area contributed by atoms with Gasteiger partial charge in [-0.3, -0.25) is 4.79 Å². The summed E-state index contributed by atoms with van der Waals surface area (Å²) in [4.78, 5) is 11.4. The minimum atomic E-state index is -2.01. The summed E-state index contributed by atoms with van der Waals surface area (Å²) in [5, 5.41) is 2.42. The Morgan fingerprint density at radius 2 is 1.60 bits per heavy atom. The first-order chi connectivity index (χ1) is 14.2. The maximum atomic E-state index is 11.4. The lowest BCUT2D eigenvalue weighted by Gasteiger charge is -2.44. The number of hydrogen-bond acceptors (Lipinski definition) is 5. The summed E-state index contributed by atoms with van der Waals surface area (Å²) in [5.41, 5.74) is -0.924. The summed E-state index contributed by atoms with van der Waals surface area (Å²) in [6.45, 7) is 8.16. The van der Waals surface area contributed by atoms with Gasteiger partial charge < -0.3 is 18.6 Å². The van der Waals surface area contributed by atoms with E-state index in [2.05, 4.69) is 69.3 Å². The second-order valence-corrected chi connectivity index (χ2v) is 11.3. The Morgan fingerprint density at radius 3 is 2.03 bits per heavy atom. The number of rotatable bonds is 7. The van der Waals surface area contributed by atoms with Gasteiger partial charge in [-0.05, 0) is 15.8 Å². The van der Waals surface area contributed by atoms with Gasteiger partial charge in [-0.1, -0.05) is 81.4 Å². The molecule has 0 bridgehead atoms. The van der Waals surface area contributed by atoms with E-state index in [4.69, 9.17) is 18.6 Å². The van der Waals surface area contributed by atoms with Crippen molar-refractivity contribution in [1.82, 2.24) is 0 Å². The third-order valence-electron chi connectivity index (χ3n) is 5.47. The molecule has 162 valence electrons. The monoisotopic (exact) mass is 428 g/mol. The van der Waals surface area contributed by atoms with Gasteiger partial charge in [0.15, 0.2) is 0 Å². The average Bonchev–Trinajstić information content (AvgIpc) is 3.12. The third-order valence-corrected chi connectivity index (χ3v) is 8.00. The van der Waals surface area contributed by atoms with Crippen molar-refractivity contribution in [2.45, 2.75) is 52.1 Å². The van der Waals surface area contributed by atoms with E-state index in [-0.39, 0.29) is 17.5 Å². The van der Waals surface area contributed by atoms with Crippen LogP contribution in [-0.4, -0.2) is 46.7 Å². The zero-order valence-corrected chi connectivity index (χ0v) is 19.6. The van der Waals surface area contributed by atoms with Crippen LogP contribution < -0.4 is 10.4 Å². The van der Waals surface area contributed by atoms with E-state index >= 15 is 0 Å². The molecule has 0 N–H and O–H groups in total. The van der Waals surface area contributed by atoms with Gasteiger partial charge in [0.25, 0.3) is 0 Å². The molecule has 0 amide bonds. The van der Waals surface area contributed by atoms with E-state index < -0.39 is 20.9 Å². The summed E-state index contributed by atoms with van der Waals surface area (Å²) in [6, 6.07) is 20.8. The van der Waals surface area contributed by atoms with Crippen molar-refractivity contribution in [2.24, 2.45) is 5.41 Å². The van der Waals surface area contributed by atoms with E-state index in [1.165, 1.54) is 17.3 Å². The first-order valence-electron chi connectivity index (χ1n) is 10.3. The molecule has 3 atom stereocenters. The summed E-state index contributed by atoms with van der Waals surface area (Å²) >= 11 is 0. The van der Waals surface area contributed by atoms with Crippen LogP contribution in [0.5, 0.6) is 0 Å². The predicted molar refractivity (Wildman–Crippen MR) is 119 cm³/mol. The van der Waals surface area contributed by atoms with Gasteiger partial charge in [-0.25, -0.2) is 0 Å². The van der Waals surface area contributed by atoms with Crippen molar-refractivity contribution in [2.75, 3.05) is 13.7 Å². The number of carbonyl (C=O) groups is 1. The molecule has 1 fully saturated rings. The van der Waals surface area contributed by atoms with Crippen LogP contribution >= 0.6 is 0 Å². The molecule has 0 aliphatic carbocycles. The molecule has 0 saturated carbocycles. The van der Waals surface area contributed by atoms with Crippen LogP contribution in [0.25, 0.3) is 0 Å². The highest BCUT2D eigenvalue weighted by molar-refractivity contribution is 6.80. The smallest absolute Gasteiger partial charge is 0.304 e. The first-order valence-corrected chi connectivity index (χ1v) is 12.0. The van der Waals surface area contributed by atoms with Crippen LogP contribution in [0.3, 0.4) is 0 Å². The Labute approximate surface area is 181 Å². The Bertz CT molecular complexity index is 781. The van der Waals surface area contributed by atoms with Crippen molar-refractivity contribution in [3.05, 3.63) is 60.7 Å². The molecule has 2 aromatic carbocycles. The number of methoxy groups -OCH3 is 1. The van der Waals surface area contributed by atoms with Crippen LogP contribution in [0.1, 0.15) is 34.1 Å². The number of hydrogen-bond donors (Lipinski definition) is 0. The van der Waals surface area contributed by atoms with Crippen LogP contribution in [0.2, 0.25) is 0 Å². The van der Waals surface area contributed by atoms with E-state index in [0.29, 0.717) is 13.0 Å². The zero-order chi connectivity index (χ0) is 21.8. The molecule has 3 unspecified atom stereocenters. The molecule has 6 heteroatoms. The molecule has 0 spiro atoms. The second-order valence-electron chi connectivity index (χ2n) is 8.91.